The smallest absolute Gasteiger partial charge is 0.277 e. The molecule has 0 aromatic heterocycles. The van der Waals surface area contributed by atoms with Crippen LogP contribution in [0.25, 0.3) is 0 Å². The lowest BCUT2D eigenvalue weighted by Crippen LogP contribution is -1.86. The van der Waals surface area contributed by atoms with Gasteiger partial charge in [-0.25, -0.2) is 0 Å². The summed E-state index contributed by atoms with van der Waals surface area (Å²) >= 11 is 0. The van der Waals surface area contributed by atoms with Crippen LogP contribution in [0.1, 0.15) is 0 Å². The molecule has 0 aromatic carbocycles. The minimum absolute atomic E-state index is 0.211. The van der Waals surface area contributed by atoms with Gasteiger partial charge in [-0.2, -0.15) is 8.42 Å². The Labute approximate surface area is 48.5 Å². The van der Waals surface area contributed by atoms with Crippen LogP contribution in [0.4, 0.5) is 0 Å². The highest BCUT2D eigenvalue weighted by molar-refractivity contribution is 9.05. The Kier molecular flexibility index (Phi) is 3.00. The number of rotatable bonds is 2. The van der Waals surface area contributed by atoms with Crippen LogP contribution in [0.5, 0.6) is 0 Å². The third-order valence-electron chi connectivity index (χ3n) is 0.125. The number of hydrogen-bond acceptors (Lipinski definition) is 5. The average molecular weight is 161 g/mol. The summed E-state index contributed by atoms with van der Waals surface area (Å²) in [7, 11) is -3.22. The van der Waals surface area contributed by atoms with Gasteiger partial charge in [-0.05, 0) is 0 Å². The SMILES string of the molecule is NSSS(=O)(=O)O. The maximum Gasteiger partial charge on any atom is 0.331 e. The molecule has 0 saturated heterocycles. The largest absolute Gasteiger partial charge is 0.331 e. The second kappa shape index (κ2) is 2.78. The van der Waals surface area contributed by atoms with Gasteiger partial charge in [-0.3, -0.25) is 9.69 Å². The fourth-order valence-corrected chi connectivity index (χ4v) is 1.34. The van der Waals surface area contributed by atoms with Crippen LogP contribution in [-0.4, -0.2) is 13.0 Å². The lowest BCUT2D eigenvalue weighted by molar-refractivity contribution is 0.503. The fraction of sp³-hybridized carbons (Fsp3) is 0. The van der Waals surface area contributed by atoms with Gasteiger partial charge in [0, 0.05) is 11.0 Å². The summed E-state index contributed by atoms with van der Waals surface area (Å²) in [6.07, 6.45) is 0. The van der Waals surface area contributed by atoms with Crippen molar-refractivity contribution in [1.82, 2.24) is 0 Å². The van der Waals surface area contributed by atoms with Crippen LogP contribution in [0.2, 0.25) is 0 Å². The molecule has 7 heavy (non-hydrogen) atoms. The second-order valence-corrected chi connectivity index (χ2v) is 5.25. The second-order valence-electron chi connectivity index (χ2n) is 0.592. The molecule has 0 aliphatic carbocycles. The van der Waals surface area contributed by atoms with Crippen molar-refractivity contribution >= 4 is 30.0 Å². The standard InChI is InChI=1S/H3NO3S3/c1-5-6-7(2,3)4/h1H2,(H,2,3,4). The Hall–Kier alpha value is 0.570. The van der Waals surface area contributed by atoms with Crippen molar-refractivity contribution in [3.05, 3.63) is 0 Å². The first-order chi connectivity index (χ1) is 3.06. The van der Waals surface area contributed by atoms with Crippen molar-refractivity contribution in [2.45, 2.75) is 0 Å². The number of nitrogens with two attached hydrogens (primary N) is 1. The lowest BCUT2D eigenvalue weighted by atomic mass is 14.0. The van der Waals surface area contributed by atoms with E-state index in [1.54, 1.807) is 0 Å². The Morgan fingerprint density at radius 3 is 2.00 bits per heavy atom. The molecule has 0 heterocycles. The molecule has 0 rings (SSSR count). The molecule has 0 saturated carbocycles. The van der Waals surface area contributed by atoms with Crippen molar-refractivity contribution in [3.8, 4) is 0 Å². The van der Waals surface area contributed by atoms with Crippen molar-refractivity contribution < 1.29 is 13.0 Å². The van der Waals surface area contributed by atoms with Crippen LogP contribution in [0.3, 0.4) is 0 Å². The first kappa shape index (κ1) is 7.57. The molecule has 0 amide bonds. The summed E-state index contributed by atoms with van der Waals surface area (Å²) in [5, 5.41) is 4.66. The predicted molar refractivity (Wildman–Crippen MR) is 30.9 cm³/mol. The van der Waals surface area contributed by atoms with Crippen molar-refractivity contribution in [2.24, 2.45) is 5.14 Å². The zero-order valence-corrected chi connectivity index (χ0v) is 5.52. The Morgan fingerprint density at radius 2 is 2.00 bits per heavy atom. The van der Waals surface area contributed by atoms with Gasteiger partial charge in [0.05, 0.1) is 9.83 Å². The van der Waals surface area contributed by atoms with Crippen molar-refractivity contribution in [3.63, 3.8) is 0 Å². The lowest BCUT2D eigenvalue weighted by Gasteiger charge is -1.83. The van der Waals surface area contributed by atoms with Crippen LogP contribution in [-0.2, 0) is 9.15 Å². The summed E-state index contributed by atoms with van der Waals surface area (Å²) in [4.78, 5) is 0. The molecule has 0 bridgehead atoms. The highest BCUT2D eigenvalue weighted by Crippen LogP contribution is 2.19. The van der Waals surface area contributed by atoms with E-state index in [0.29, 0.717) is 11.0 Å². The molecule has 3 N–H and O–H groups in total. The van der Waals surface area contributed by atoms with Gasteiger partial charge in [0.1, 0.15) is 0 Å². The molecule has 4 nitrogen and oxygen atoms in total. The third-order valence-corrected chi connectivity index (χ3v) is 3.38. The fourth-order valence-electron chi connectivity index (χ4n) is 0.0496. The molecule has 0 aliphatic rings. The zero-order valence-electron chi connectivity index (χ0n) is 3.07. The molecule has 0 aromatic rings. The van der Waals surface area contributed by atoms with Gasteiger partial charge >= 0.3 is 9.15 Å². The summed E-state index contributed by atoms with van der Waals surface area (Å²) < 4.78 is 27.1. The van der Waals surface area contributed by atoms with E-state index in [-0.39, 0.29) is 9.83 Å². The summed E-state index contributed by atoms with van der Waals surface area (Å²) in [5.74, 6) is 0. The molecule has 44 valence electrons. The Bertz CT molecular complexity index is 123. The van der Waals surface area contributed by atoms with Gasteiger partial charge < -0.3 is 0 Å². The molecule has 0 unspecified atom stereocenters. The van der Waals surface area contributed by atoms with E-state index >= 15 is 0 Å². The molecule has 0 radical (unpaired) electrons. The molecule has 0 atom stereocenters. The van der Waals surface area contributed by atoms with E-state index in [1.165, 1.54) is 0 Å². The first-order valence-electron chi connectivity index (χ1n) is 1.08. The highest BCUT2D eigenvalue weighted by Gasteiger charge is 2.01. The molecular weight excluding hydrogens is 158 g/mol. The molecular formula is H3NO3S3. The molecule has 0 spiro atoms. The topological polar surface area (TPSA) is 80.4 Å². The van der Waals surface area contributed by atoms with E-state index in [0.717, 1.165) is 0 Å². The normalized spacial score (nSPS) is 11.7. The van der Waals surface area contributed by atoms with Gasteiger partial charge in [0.15, 0.2) is 0 Å². The third kappa shape index (κ3) is 6.57. The van der Waals surface area contributed by atoms with E-state index in [2.05, 4.69) is 5.14 Å². The van der Waals surface area contributed by atoms with Gasteiger partial charge in [-0.15, -0.1) is 0 Å². The van der Waals surface area contributed by atoms with E-state index in [1.807, 2.05) is 0 Å². The zero-order chi connectivity index (χ0) is 5.91. The summed E-state index contributed by atoms with van der Waals surface area (Å²) in [5.41, 5.74) is 0. The maximum absolute atomic E-state index is 9.65. The van der Waals surface area contributed by atoms with Crippen LogP contribution < -0.4 is 5.14 Å². The average Bonchev–Trinajstić information content (AvgIpc) is 1.30. The van der Waals surface area contributed by atoms with E-state index < -0.39 is 9.15 Å². The van der Waals surface area contributed by atoms with Crippen LogP contribution in [0, 0.1) is 0 Å². The van der Waals surface area contributed by atoms with Gasteiger partial charge in [0.2, 0.25) is 0 Å². The predicted octanol–water partition coefficient (Wildman–Crippen LogP) is 0.0443. The molecule has 7 heteroatoms. The minimum Gasteiger partial charge on any atom is -0.277 e. The van der Waals surface area contributed by atoms with Crippen LogP contribution in [0.15, 0.2) is 0 Å². The van der Waals surface area contributed by atoms with Crippen molar-refractivity contribution in [1.29, 1.82) is 0 Å². The maximum atomic E-state index is 9.65. The van der Waals surface area contributed by atoms with E-state index in [4.69, 9.17) is 4.55 Å². The van der Waals surface area contributed by atoms with Gasteiger partial charge in [-0.1, -0.05) is 0 Å². The Morgan fingerprint density at radius 1 is 1.57 bits per heavy atom. The monoisotopic (exact) mass is 161 g/mol. The van der Waals surface area contributed by atoms with Crippen molar-refractivity contribution in [2.75, 3.05) is 0 Å². The highest BCUT2D eigenvalue weighted by atomic mass is 33.5. The Balaban J connectivity index is 3.60. The number of hydrogen-bond donors (Lipinski definition) is 2. The van der Waals surface area contributed by atoms with E-state index in [9.17, 15) is 8.42 Å². The molecule has 0 fully saturated rings. The first-order valence-corrected chi connectivity index (χ1v) is 5.25. The summed E-state index contributed by atoms with van der Waals surface area (Å²) in [6, 6.07) is 0. The van der Waals surface area contributed by atoms with Gasteiger partial charge in [0.25, 0.3) is 0 Å². The summed E-state index contributed by atoms with van der Waals surface area (Å²) in [6.45, 7) is 0. The molecule has 0 aliphatic heterocycles. The minimum atomic E-state index is -3.92. The quantitative estimate of drug-likeness (QED) is 0.338. The van der Waals surface area contributed by atoms with Crippen LogP contribution >= 0.6 is 20.8 Å².